The Morgan fingerprint density at radius 2 is 1.14 bits per heavy atom. The van der Waals surface area contributed by atoms with Gasteiger partial charge in [-0.05, 0) is 62.6 Å². The zero-order valence-electron chi connectivity index (χ0n) is 11.7. The quantitative estimate of drug-likeness (QED) is 0.620. The average molecular weight is 433 g/mol. The van der Waals surface area contributed by atoms with E-state index in [0.29, 0.717) is 0 Å². The Kier molecular flexibility index (Phi) is 5.49. The van der Waals surface area contributed by atoms with Gasteiger partial charge in [-0.15, -0.1) is 0 Å². The van der Waals surface area contributed by atoms with Crippen LogP contribution in [0.5, 0.6) is 0 Å². The maximum Gasteiger partial charge on any atom is 0.330 e. The summed E-state index contributed by atoms with van der Waals surface area (Å²) in [5, 5.41) is 6.17. The van der Waals surface area contributed by atoms with E-state index < -0.39 is 7.59 Å². The van der Waals surface area contributed by atoms with E-state index in [1.807, 2.05) is 48.5 Å². The van der Waals surface area contributed by atoms with Crippen LogP contribution in [-0.2, 0) is 4.57 Å². The molecule has 112 valence electrons. The van der Waals surface area contributed by atoms with Gasteiger partial charge in [0.25, 0.3) is 0 Å². The van der Waals surface area contributed by atoms with Crippen molar-refractivity contribution in [3.8, 4) is 0 Å². The van der Waals surface area contributed by atoms with E-state index in [2.05, 4.69) is 42.0 Å². The highest BCUT2D eigenvalue weighted by Crippen LogP contribution is 2.47. The summed E-state index contributed by atoms with van der Waals surface area (Å²) < 4.78 is 16.7. The Labute approximate surface area is 141 Å². The van der Waals surface area contributed by atoms with Crippen molar-refractivity contribution in [3.63, 3.8) is 0 Å². The number of rotatable bonds is 5. The molecule has 0 radical (unpaired) electrons. The summed E-state index contributed by atoms with van der Waals surface area (Å²) in [7, 11) is 0.590. The van der Waals surface area contributed by atoms with Crippen molar-refractivity contribution in [2.75, 3.05) is 24.3 Å². The minimum Gasteiger partial charge on any atom is -0.308 e. The van der Waals surface area contributed by atoms with Gasteiger partial charge in [0, 0.05) is 20.3 Å². The van der Waals surface area contributed by atoms with Gasteiger partial charge in [0.05, 0.1) is 0 Å². The minimum atomic E-state index is -2.96. The summed E-state index contributed by atoms with van der Waals surface area (Å²) in [4.78, 5) is 0. The second-order valence-electron chi connectivity index (χ2n) is 4.66. The van der Waals surface area contributed by atoms with Gasteiger partial charge >= 0.3 is 7.59 Å². The van der Waals surface area contributed by atoms with E-state index in [1.165, 1.54) is 0 Å². The summed E-state index contributed by atoms with van der Waals surface area (Å²) in [5.41, 5.74) is 1.58. The highest BCUT2D eigenvalue weighted by molar-refractivity contribution is 9.10. The van der Waals surface area contributed by atoms with Crippen molar-refractivity contribution in [1.29, 1.82) is 0 Å². The predicted octanol–water partition coefficient (Wildman–Crippen LogP) is 5.41. The smallest absolute Gasteiger partial charge is 0.308 e. The maximum absolute atomic E-state index is 13.1. The molecule has 0 spiro atoms. The first-order valence-electron chi connectivity index (χ1n) is 6.24. The Bertz CT molecular complexity index is 593. The molecular formula is C14H16Br2N3OP. The zero-order chi connectivity index (χ0) is 15.5. The van der Waals surface area contributed by atoms with E-state index in [4.69, 9.17) is 0 Å². The van der Waals surface area contributed by atoms with Crippen LogP contribution in [0.1, 0.15) is 0 Å². The predicted molar refractivity (Wildman–Crippen MR) is 96.8 cm³/mol. The Hall–Kier alpha value is -0.810. The Morgan fingerprint density at radius 3 is 1.43 bits per heavy atom. The van der Waals surface area contributed by atoms with E-state index in [9.17, 15) is 4.57 Å². The summed E-state index contributed by atoms with van der Waals surface area (Å²) >= 11 is 6.77. The van der Waals surface area contributed by atoms with Crippen LogP contribution in [0, 0.1) is 0 Å². The molecule has 0 aromatic heterocycles. The van der Waals surface area contributed by atoms with Gasteiger partial charge in [0.1, 0.15) is 0 Å². The molecule has 0 heterocycles. The molecule has 0 aliphatic heterocycles. The number of halogens is 2. The Balaban J connectivity index is 2.21. The van der Waals surface area contributed by atoms with Crippen molar-refractivity contribution in [1.82, 2.24) is 4.67 Å². The van der Waals surface area contributed by atoms with Crippen LogP contribution in [0.3, 0.4) is 0 Å². The second-order valence-corrected chi connectivity index (χ2v) is 8.89. The monoisotopic (exact) mass is 431 g/mol. The second kappa shape index (κ2) is 6.97. The molecule has 2 aromatic carbocycles. The third-order valence-corrected chi connectivity index (χ3v) is 6.12. The van der Waals surface area contributed by atoms with Crippen LogP contribution in [0.15, 0.2) is 57.5 Å². The first-order valence-corrected chi connectivity index (χ1v) is 9.49. The molecule has 0 unspecified atom stereocenters. The number of anilines is 2. The molecule has 2 aromatic rings. The summed E-state index contributed by atoms with van der Waals surface area (Å²) in [5.74, 6) is 0. The molecule has 0 aliphatic rings. The molecule has 0 amide bonds. The lowest BCUT2D eigenvalue weighted by molar-refractivity contribution is 0.524. The van der Waals surface area contributed by atoms with E-state index in [-0.39, 0.29) is 0 Å². The fourth-order valence-corrected chi connectivity index (χ4v) is 3.61. The fourth-order valence-electron chi connectivity index (χ4n) is 1.63. The molecule has 0 bridgehead atoms. The Morgan fingerprint density at radius 1 is 0.810 bits per heavy atom. The number of nitrogens with zero attached hydrogens (tertiary/aromatic N) is 1. The van der Waals surface area contributed by atoms with Crippen molar-refractivity contribution in [2.45, 2.75) is 0 Å². The van der Waals surface area contributed by atoms with Gasteiger partial charge in [0.15, 0.2) is 0 Å². The molecule has 0 fully saturated rings. The highest BCUT2D eigenvalue weighted by Gasteiger charge is 2.25. The molecule has 0 saturated carbocycles. The van der Waals surface area contributed by atoms with Crippen LogP contribution in [0.2, 0.25) is 0 Å². The fraction of sp³-hybridized carbons (Fsp3) is 0.143. The third-order valence-electron chi connectivity index (χ3n) is 2.81. The minimum absolute atomic E-state index is 0.792. The van der Waals surface area contributed by atoms with Crippen molar-refractivity contribution in [2.24, 2.45) is 0 Å². The molecule has 2 rings (SSSR count). The summed E-state index contributed by atoms with van der Waals surface area (Å²) in [6, 6.07) is 15.1. The molecule has 0 aliphatic carbocycles. The maximum atomic E-state index is 13.1. The number of hydrogen-bond donors (Lipinski definition) is 2. The zero-order valence-corrected chi connectivity index (χ0v) is 15.7. The molecule has 0 saturated heterocycles. The number of benzene rings is 2. The number of nitrogens with one attached hydrogen (secondary N) is 2. The largest absolute Gasteiger partial charge is 0.330 e. The van der Waals surface area contributed by atoms with Crippen molar-refractivity contribution in [3.05, 3.63) is 57.5 Å². The first-order chi connectivity index (χ1) is 9.89. The number of hydrogen-bond acceptors (Lipinski definition) is 1. The molecule has 0 atom stereocenters. The normalized spacial score (nSPS) is 11.5. The van der Waals surface area contributed by atoms with Gasteiger partial charge in [-0.1, -0.05) is 31.9 Å². The van der Waals surface area contributed by atoms with Gasteiger partial charge in [-0.2, -0.15) is 0 Å². The summed E-state index contributed by atoms with van der Waals surface area (Å²) in [6.45, 7) is 0. The standard InChI is InChI=1S/C14H16Br2N3OP/c1-19(2)21(20,17-13-7-3-11(15)4-8-13)18-14-9-5-12(16)6-10-14/h3-10H,1-2H3,(H2,17,18,20). The summed E-state index contributed by atoms with van der Waals surface area (Å²) in [6.07, 6.45) is 0. The van der Waals surface area contributed by atoms with Gasteiger partial charge < -0.3 is 10.2 Å². The van der Waals surface area contributed by atoms with Crippen LogP contribution in [0.25, 0.3) is 0 Å². The molecule has 4 nitrogen and oxygen atoms in total. The van der Waals surface area contributed by atoms with Crippen LogP contribution < -0.4 is 10.2 Å². The molecule has 2 N–H and O–H groups in total. The third kappa shape index (κ3) is 4.58. The first kappa shape index (κ1) is 16.6. The lowest BCUT2D eigenvalue weighted by Gasteiger charge is -2.27. The average Bonchev–Trinajstić information content (AvgIpc) is 2.44. The molecule has 7 heteroatoms. The SMILES string of the molecule is CN(C)P(=O)(Nc1ccc(Br)cc1)Nc1ccc(Br)cc1. The van der Waals surface area contributed by atoms with E-state index in [1.54, 1.807) is 18.8 Å². The van der Waals surface area contributed by atoms with Crippen LogP contribution in [-0.4, -0.2) is 18.8 Å². The topological polar surface area (TPSA) is 44.4 Å². The van der Waals surface area contributed by atoms with Crippen molar-refractivity contribution < 1.29 is 4.57 Å². The van der Waals surface area contributed by atoms with Crippen LogP contribution in [0.4, 0.5) is 11.4 Å². The van der Waals surface area contributed by atoms with Crippen molar-refractivity contribution >= 4 is 50.8 Å². The molecular weight excluding hydrogens is 417 g/mol. The lowest BCUT2D eigenvalue weighted by Crippen LogP contribution is -2.20. The van der Waals surface area contributed by atoms with Gasteiger partial charge in [0.2, 0.25) is 0 Å². The van der Waals surface area contributed by atoms with Gasteiger partial charge in [-0.3, -0.25) is 4.57 Å². The van der Waals surface area contributed by atoms with Gasteiger partial charge in [-0.25, -0.2) is 4.67 Å². The lowest BCUT2D eigenvalue weighted by atomic mass is 10.3. The van der Waals surface area contributed by atoms with E-state index in [0.717, 1.165) is 20.3 Å². The van der Waals surface area contributed by atoms with Crippen LogP contribution >= 0.6 is 39.5 Å². The highest BCUT2D eigenvalue weighted by atomic mass is 79.9. The molecule has 21 heavy (non-hydrogen) atoms. The van der Waals surface area contributed by atoms with E-state index >= 15 is 0 Å².